The Balaban J connectivity index is 0.000000167. The van der Waals surface area contributed by atoms with Crippen LogP contribution in [0.4, 0.5) is 0 Å². The first-order chi connectivity index (χ1) is 12.7. The maximum absolute atomic E-state index is 11.7. The molecule has 0 saturated carbocycles. The highest BCUT2D eigenvalue weighted by atomic mass is 16.5. The van der Waals surface area contributed by atoms with Crippen LogP contribution in [0.25, 0.3) is 17.0 Å². The molecule has 0 amide bonds. The number of benzene rings is 3. The highest BCUT2D eigenvalue weighted by Gasteiger charge is 1.99. The summed E-state index contributed by atoms with van der Waals surface area (Å²) in [5.41, 5.74) is 2.47. The molecule has 0 spiro atoms. The molecule has 4 aromatic rings. The molecule has 26 heavy (non-hydrogen) atoms. The molecular formula is C23H18O3. The van der Waals surface area contributed by atoms with Gasteiger partial charge in [-0.3, -0.25) is 4.79 Å². The summed E-state index contributed by atoms with van der Waals surface area (Å²) in [7, 11) is 0. The summed E-state index contributed by atoms with van der Waals surface area (Å²) in [6, 6.07) is 28.1. The number of hydrogen-bond donors (Lipinski definition) is 1. The molecule has 0 aliphatic heterocycles. The third-order valence-electron chi connectivity index (χ3n) is 3.70. The van der Waals surface area contributed by atoms with Crippen molar-refractivity contribution in [1.29, 1.82) is 0 Å². The van der Waals surface area contributed by atoms with Crippen molar-refractivity contribution in [2.24, 2.45) is 0 Å². The van der Waals surface area contributed by atoms with Crippen molar-refractivity contribution < 1.29 is 14.3 Å². The van der Waals surface area contributed by atoms with E-state index in [4.69, 9.17) is 9.52 Å². The summed E-state index contributed by atoms with van der Waals surface area (Å²) < 4.78 is 4.92. The Labute approximate surface area is 151 Å². The second-order valence-electron chi connectivity index (χ2n) is 5.60. The van der Waals surface area contributed by atoms with Gasteiger partial charge in [0.2, 0.25) is 0 Å². The number of aromatic hydroxyl groups is 1. The zero-order chi connectivity index (χ0) is 18.2. The topological polar surface area (TPSA) is 50.4 Å². The van der Waals surface area contributed by atoms with Crippen molar-refractivity contribution in [1.82, 2.24) is 0 Å². The van der Waals surface area contributed by atoms with Gasteiger partial charge in [-0.15, -0.1) is 0 Å². The fourth-order valence-corrected chi connectivity index (χ4v) is 2.40. The molecule has 128 valence electrons. The van der Waals surface area contributed by atoms with E-state index < -0.39 is 0 Å². The lowest BCUT2D eigenvalue weighted by Gasteiger charge is -1.94. The predicted octanol–water partition coefficient (Wildman–Crippen LogP) is 5.72. The van der Waals surface area contributed by atoms with Gasteiger partial charge in [0.05, 0.1) is 0 Å². The van der Waals surface area contributed by atoms with Crippen LogP contribution in [0.3, 0.4) is 0 Å². The van der Waals surface area contributed by atoms with Gasteiger partial charge in [0.1, 0.15) is 5.58 Å². The highest BCUT2D eigenvalue weighted by Crippen LogP contribution is 2.22. The van der Waals surface area contributed by atoms with Gasteiger partial charge in [-0.05, 0) is 17.7 Å². The standard InChI is InChI=1S/C15H12O.C8H6O2/c16-15(14-9-5-2-6-10-14)12-11-13-7-3-1-4-8-13;9-8-5-6-3-1-2-4-7(6)10-8/h1-12H;1-5,9H. The van der Waals surface area contributed by atoms with Gasteiger partial charge < -0.3 is 9.52 Å². The van der Waals surface area contributed by atoms with E-state index in [1.165, 1.54) is 0 Å². The van der Waals surface area contributed by atoms with E-state index in [9.17, 15) is 4.79 Å². The van der Waals surface area contributed by atoms with E-state index in [0.29, 0.717) is 0 Å². The molecule has 1 aromatic heterocycles. The third kappa shape index (κ3) is 4.71. The lowest BCUT2D eigenvalue weighted by Crippen LogP contribution is -1.92. The number of ketones is 1. The molecule has 4 rings (SSSR count). The van der Waals surface area contributed by atoms with Crippen LogP contribution >= 0.6 is 0 Å². The minimum absolute atomic E-state index is 0.0267. The Morgan fingerprint density at radius 1 is 0.808 bits per heavy atom. The summed E-state index contributed by atoms with van der Waals surface area (Å²) >= 11 is 0. The third-order valence-corrected chi connectivity index (χ3v) is 3.70. The van der Waals surface area contributed by atoms with Crippen molar-refractivity contribution in [2.45, 2.75) is 0 Å². The van der Waals surface area contributed by atoms with E-state index in [0.717, 1.165) is 22.1 Å². The summed E-state index contributed by atoms with van der Waals surface area (Å²) in [4.78, 5) is 11.7. The molecule has 0 fully saturated rings. The average Bonchev–Trinajstić information content (AvgIpc) is 3.08. The number of carbonyl (C=O) groups excluding carboxylic acids is 1. The first kappa shape index (κ1) is 17.2. The molecule has 1 heterocycles. The molecule has 3 aromatic carbocycles. The first-order valence-electron chi connectivity index (χ1n) is 8.22. The SMILES string of the molecule is O=C(C=Cc1ccccc1)c1ccccc1.Oc1cc2ccccc2o1. The quantitative estimate of drug-likeness (QED) is 0.382. The first-order valence-corrected chi connectivity index (χ1v) is 8.22. The van der Waals surface area contributed by atoms with Gasteiger partial charge in [-0.1, -0.05) is 84.9 Å². The van der Waals surface area contributed by atoms with Gasteiger partial charge in [-0.25, -0.2) is 0 Å². The molecule has 0 aliphatic carbocycles. The Morgan fingerprint density at radius 2 is 1.42 bits per heavy atom. The van der Waals surface area contributed by atoms with E-state index in [1.807, 2.05) is 91.0 Å². The van der Waals surface area contributed by atoms with Gasteiger partial charge in [0, 0.05) is 17.0 Å². The van der Waals surface area contributed by atoms with E-state index >= 15 is 0 Å². The lowest BCUT2D eigenvalue weighted by atomic mass is 10.1. The molecule has 1 N–H and O–H groups in total. The van der Waals surface area contributed by atoms with Crippen LogP contribution in [0.5, 0.6) is 5.95 Å². The fraction of sp³-hybridized carbons (Fsp3) is 0. The van der Waals surface area contributed by atoms with Crippen LogP contribution in [0.2, 0.25) is 0 Å². The van der Waals surface area contributed by atoms with Crippen molar-refractivity contribution in [3.63, 3.8) is 0 Å². The lowest BCUT2D eigenvalue weighted by molar-refractivity contribution is 0.104. The normalized spacial score (nSPS) is 10.5. The monoisotopic (exact) mass is 342 g/mol. The molecule has 0 unspecified atom stereocenters. The Hall–Kier alpha value is -3.59. The summed E-state index contributed by atoms with van der Waals surface area (Å²) in [5, 5.41) is 9.82. The molecule has 3 heteroatoms. The molecule has 0 atom stereocenters. The minimum atomic E-state index is -0.0267. The molecule has 0 saturated heterocycles. The van der Waals surface area contributed by atoms with Crippen molar-refractivity contribution >= 4 is 22.8 Å². The zero-order valence-corrected chi connectivity index (χ0v) is 14.1. The number of hydrogen-bond acceptors (Lipinski definition) is 3. The summed E-state index contributed by atoms with van der Waals surface area (Å²) in [5.74, 6) is 0.00523. The number of carbonyl (C=O) groups is 1. The van der Waals surface area contributed by atoms with Crippen LogP contribution in [-0.2, 0) is 0 Å². The number of furan rings is 1. The maximum atomic E-state index is 11.7. The second kappa shape index (κ2) is 8.49. The number of allylic oxidation sites excluding steroid dienone is 1. The van der Waals surface area contributed by atoms with Gasteiger partial charge in [-0.2, -0.15) is 0 Å². The molecular weight excluding hydrogens is 324 g/mol. The Kier molecular flexibility index (Phi) is 5.63. The second-order valence-corrected chi connectivity index (χ2v) is 5.60. The van der Waals surface area contributed by atoms with E-state index in [-0.39, 0.29) is 11.7 Å². The number of para-hydroxylation sites is 1. The van der Waals surface area contributed by atoms with E-state index in [2.05, 4.69) is 0 Å². The highest BCUT2D eigenvalue weighted by molar-refractivity contribution is 6.06. The fourth-order valence-electron chi connectivity index (χ4n) is 2.40. The van der Waals surface area contributed by atoms with Crippen LogP contribution in [0.1, 0.15) is 15.9 Å². The van der Waals surface area contributed by atoms with Crippen LogP contribution in [0, 0.1) is 0 Å². The molecule has 0 aliphatic rings. The molecule has 3 nitrogen and oxygen atoms in total. The van der Waals surface area contributed by atoms with Gasteiger partial charge in [0.25, 0.3) is 5.95 Å². The van der Waals surface area contributed by atoms with Crippen LogP contribution in [0.15, 0.2) is 101 Å². The van der Waals surface area contributed by atoms with Crippen molar-refractivity contribution in [2.75, 3.05) is 0 Å². The van der Waals surface area contributed by atoms with E-state index in [1.54, 1.807) is 12.1 Å². The Morgan fingerprint density at radius 3 is 2.12 bits per heavy atom. The van der Waals surface area contributed by atoms with Crippen LogP contribution in [-0.4, -0.2) is 10.9 Å². The van der Waals surface area contributed by atoms with Gasteiger partial charge >= 0.3 is 0 Å². The summed E-state index contributed by atoms with van der Waals surface area (Å²) in [6.45, 7) is 0. The minimum Gasteiger partial charge on any atom is -0.481 e. The molecule has 0 radical (unpaired) electrons. The molecule has 0 bridgehead atoms. The smallest absolute Gasteiger partial charge is 0.282 e. The maximum Gasteiger partial charge on any atom is 0.282 e. The van der Waals surface area contributed by atoms with Crippen LogP contribution < -0.4 is 0 Å². The zero-order valence-electron chi connectivity index (χ0n) is 14.1. The van der Waals surface area contributed by atoms with Gasteiger partial charge in [0.15, 0.2) is 5.78 Å². The Bertz CT molecular complexity index is 966. The largest absolute Gasteiger partial charge is 0.481 e. The van der Waals surface area contributed by atoms with Crippen molar-refractivity contribution in [3.05, 3.63) is 108 Å². The number of rotatable bonds is 3. The predicted molar refractivity (Wildman–Crippen MR) is 104 cm³/mol. The summed E-state index contributed by atoms with van der Waals surface area (Å²) in [6.07, 6.45) is 3.43. The average molecular weight is 342 g/mol. The van der Waals surface area contributed by atoms with Crippen molar-refractivity contribution in [3.8, 4) is 5.95 Å². The number of fused-ring (bicyclic) bond motifs is 1.